The number of hydrogen-bond acceptors (Lipinski definition) is 5. The van der Waals surface area contributed by atoms with Crippen molar-refractivity contribution in [1.82, 2.24) is 0 Å². The van der Waals surface area contributed by atoms with Gasteiger partial charge in [0.25, 0.3) is 0 Å². The number of nitrogen functional groups attached to an aromatic ring is 1. The van der Waals surface area contributed by atoms with Crippen LogP contribution in [0.1, 0.15) is 22.3 Å². The second-order valence-electron chi connectivity index (χ2n) is 4.17. The first-order chi connectivity index (χ1) is 9.15. The average molecular weight is 267 g/mol. The van der Waals surface area contributed by atoms with Crippen molar-refractivity contribution >= 4 is 11.7 Å². The number of methoxy groups -OCH3 is 1. The van der Waals surface area contributed by atoms with Crippen LogP contribution in [0.2, 0.25) is 0 Å². The van der Waals surface area contributed by atoms with Crippen LogP contribution in [0.3, 0.4) is 0 Å². The van der Waals surface area contributed by atoms with Crippen molar-refractivity contribution in [3.63, 3.8) is 0 Å². The molecule has 1 rings (SSSR count). The van der Waals surface area contributed by atoms with E-state index >= 15 is 0 Å². The molecule has 5 nitrogen and oxygen atoms in total. The number of anilines is 1. The van der Waals surface area contributed by atoms with Crippen molar-refractivity contribution in [3.8, 4) is 0 Å². The van der Waals surface area contributed by atoms with Crippen molar-refractivity contribution in [3.05, 3.63) is 29.3 Å². The number of hydrogen-bond donors (Lipinski definition) is 1. The minimum atomic E-state index is -0.370. The van der Waals surface area contributed by atoms with Crippen molar-refractivity contribution in [1.29, 1.82) is 0 Å². The van der Waals surface area contributed by atoms with Gasteiger partial charge in [-0.3, -0.25) is 0 Å². The molecule has 19 heavy (non-hydrogen) atoms. The zero-order valence-electron chi connectivity index (χ0n) is 11.5. The van der Waals surface area contributed by atoms with Gasteiger partial charge in [0.05, 0.1) is 12.2 Å². The van der Waals surface area contributed by atoms with E-state index in [2.05, 4.69) is 0 Å². The molecule has 0 aliphatic carbocycles. The van der Waals surface area contributed by atoms with Gasteiger partial charge in [-0.05, 0) is 31.0 Å². The SMILES string of the molecule is COCCCOCCOC(=O)c1cc(N)ccc1C. The quantitative estimate of drug-likeness (QED) is 0.441. The maximum Gasteiger partial charge on any atom is 0.338 e. The van der Waals surface area contributed by atoms with Gasteiger partial charge < -0.3 is 19.9 Å². The molecule has 2 N–H and O–H groups in total. The van der Waals surface area contributed by atoms with Gasteiger partial charge in [-0.15, -0.1) is 0 Å². The monoisotopic (exact) mass is 267 g/mol. The molecule has 0 radical (unpaired) electrons. The van der Waals surface area contributed by atoms with E-state index in [1.54, 1.807) is 25.3 Å². The highest BCUT2D eigenvalue weighted by Gasteiger charge is 2.10. The number of ether oxygens (including phenoxy) is 3. The van der Waals surface area contributed by atoms with E-state index in [4.69, 9.17) is 19.9 Å². The van der Waals surface area contributed by atoms with E-state index in [0.29, 0.717) is 31.1 Å². The molecule has 0 bridgehead atoms. The number of carbonyl (C=O) groups is 1. The molecule has 0 spiro atoms. The number of nitrogens with two attached hydrogens (primary N) is 1. The number of aryl methyl sites for hydroxylation is 1. The van der Waals surface area contributed by atoms with Crippen LogP contribution < -0.4 is 5.73 Å². The first kappa shape index (κ1) is 15.5. The Morgan fingerprint density at radius 2 is 2.00 bits per heavy atom. The molecule has 0 saturated heterocycles. The summed E-state index contributed by atoms with van der Waals surface area (Å²) >= 11 is 0. The summed E-state index contributed by atoms with van der Waals surface area (Å²) in [5.74, 6) is -0.370. The van der Waals surface area contributed by atoms with Gasteiger partial charge in [-0.2, -0.15) is 0 Å². The topological polar surface area (TPSA) is 70.8 Å². The van der Waals surface area contributed by atoms with Crippen LogP contribution >= 0.6 is 0 Å². The van der Waals surface area contributed by atoms with Gasteiger partial charge >= 0.3 is 5.97 Å². The molecule has 0 fully saturated rings. The lowest BCUT2D eigenvalue weighted by molar-refractivity contribution is 0.0287. The third-order valence-electron chi connectivity index (χ3n) is 2.58. The van der Waals surface area contributed by atoms with Crippen molar-refractivity contribution in [2.45, 2.75) is 13.3 Å². The molecule has 1 aromatic rings. The van der Waals surface area contributed by atoms with Gasteiger partial charge in [0.1, 0.15) is 6.61 Å². The van der Waals surface area contributed by atoms with Crippen LogP contribution in [0.5, 0.6) is 0 Å². The Hall–Kier alpha value is -1.59. The molecule has 0 aromatic heterocycles. The molecule has 0 heterocycles. The van der Waals surface area contributed by atoms with Crippen LogP contribution in [0, 0.1) is 6.92 Å². The van der Waals surface area contributed by atoms with E-state index in [0.717, 1.165) is 12.0 Å². The zero-order chi connectivity index (χ0) is 14.1. The summed E-state index contributed by atoms with van der Waals surface area (Å²) in [7, 11) is 1.65. The molecule has 106 valence electrons. The normalized spacial score (nSPS) is 10.4. The van der Waals surface area contributed by atoms with E-state index < -0.39 is 0 Å². The van der Waals surface area contributed by atoms with Crippen molar-refractivity contribution in [2.24, 2.45) is 0 Å². The van der Waals surface area contributed by atoms with Crippen molar-refractivity contribution < 1.29 is 19.0 Å². The van der Waals surface area contributed by atoms with E-state index in [1.165, 1.54) is 0 Å². The number of esters is 1. The second kappa shape index (κ2) is 8.50. The zero-order valence-corrected chi connectivity index (χ0v) is 11.5. The molecule has 1 aromatic carbocycles. The molecule has 0 amide bonds. The fraction of sp³-hybridized carbons (Fsp3) is 0.500. The Balaban J connectivity index is 2.26. The number of benzene rings is 1. The van der Waals surface area contributed by atoms with Gasteiger partial charge in [-0.25, -0.2) is 4.79 Å². The molecule has 0 aliphatic heterocycles. The molecule has 0 atom stereocenters. The summed E-state index contributed by atoms with van der Waals surface area (Å²) in [5, 5.41) is 0. The molecule has 0 aliphatic rings. The second-order valence-corrected chi connectivity index (χ2v) is 4.17. The predicted molar refractivity (Wildman–Crippen MR) is 73.2 cm³/mol. The van der Waals surface area contributed by atoms with Crippen LogP contribution in [-0.2, 0) is 14.2 Å². The fourth-order valence-electron chi connectivity index (χ4n) is 1.54. The lowest BCUT2D eigenvalue weighted by Crippen LogP contribution is -2.13. The Morgan fingerprint density at radius 1 is 1.21 bits per heavy atom. The minimum absolute atomic E-state index is 0.236. The third-order valence-corrected chi connectivity index (χ3v) is 2.58. The summed E-state index contributed by atoms with van der Waals surface area (Å²) in [5.41, 5.74) is 7.54. The molecule has 0 unspecified atom stereocenters. The molecule has 5 heteroatoms. The molecular formula is C14H21NO4. The summed E-state index contributed by atoms with van der Waals surface area (Å²) in [6.45, 7) is 3.74. The third kappa shape index (κ3) is 5.72. The van der Waals surface area contributed by atoms with Crippen LogP contribution in [0.4, 0.5) is 5.69 Å². The van der Waals surface area contributed by atoms with Crippen LogP contribution in [0.15, 0.2) is 18.2 Å². The van der Waals surface area contributed by atoms with Gasteiger partial charge in [0.15, 0.2) is 0 Å². The molecular weight excluding hydrogens is 246 g/mol. The predicted octanol–water partition coefficient (Wildman–Crippen LogP) is 1.79. The van der Waals surface area contributed by atoms with Crippen LogP contribution in [-0.4, -0.2) is 39.5 Å². The van der Waals surface area contributed by atoms with E-state index in [9.17, 15) is 4.79 Å². The maximum atomic E-state index is 11.8. The Kier molecular flexibility index (Phi) is 6.92. The summed E-state index contributed by atoms with van der Waals surface area (Å²) < 4.78 is 15.3. The first-order valence-corrected chi connectivity index (χ1v) is 6.25. The lowest BCUT2D eigenvalue weighted by Gasteiger charge is -2.08. The van der Waals surface area contributed by atoms with Gasteiger partial charge in [0, 0.05) is 26.0 Å². The lowest BCUT2D eigenvalue weighted by atomic mass is 10.1. The minimum Gasteiger partial charge on any atom is -0.460 e. The fourth-order valence-corrected chi connectivity index (χ4v) is 1.54. The Bertz CT molecular complexity index is 406. The summed E-state index contributed by atoms with van der Waals surface area (Å²) in [6, 6.07) is 5.18. The van der Waals surface area contributed by atoms with Crippen LogP contribution in [0.25, 0.3) is 0 Å². The average Bonchev–Trinajstić information content (AvgIpc) is 2.40. The Morgan fingerprint density at radius 3 is 2.74 bits per heavy atom. The van der Waals surface area contributed by atoms with Gasteiger partial charge in [-0.1, -0.05) is 6.07 Å². The van der Waals surface area contributed by atoms with Crippen molar-refractivity contribution in [2.75, 3.05) is 39.3 Å². The smallest absolute Gasteiger partial charge is 0.338 e. The van der Waals surface area contributed by atoms with Gasteiger partial charge in [0.2, 0.25) is 0 Å². The largest absolute Gasteiger partial charge is 0.460 e. The standard InChI is InChI=1S/C14H21NO4/c1-11-4-5-12(15)10-13(11)14(16)19-9-8-18-7-3-6-17-2/h4-5,10H,3,6-9,15H2,1-2H3. The summed E-state index contributed by atoms with van der Waals surface area (Å²) in [6.07, 6.45) is 0.832. The van der Waals surface area contributed by atoms with E-state index in [1.807, 2.05) is 6.92 Å². The Labute approximate surface area is 113 Å². The highest BCUT2D eigenvalue weighted by atomic mass is 16.6. The maximum absolute atomic E-state index is 11.8. The highest BCUT2D eigenvalue weighted by Crippen LogP contribution is 2.13. The number of carbonyl (C=O) groups excluding carboxylic acids is 1. The first-order valence-electron chi connectivity index (χ1n) is 6.25. The molecule has 0 saturated carbocycles. The summed E-state index contributed by atoms with van der Waals surface area (Å²) in [4.78, 5) is 11.8. The highest BCUT2D eigenvalue weighted by molar-refractivity contribution is 5.92. The van der Waals surface area contributed by atoms with E-state index in [-0.39, 0.29) is 12.6 Å². The number of rotatable bonds is 8.